The molecule has 0 spiro atoms. The minimum absolute atomic E-state index is 0.300. The average molecular weight is 270 g/mol. The van der Waals surface area contributed by atoms with Crippen molar-refractivity contribution in [1.82, 2.24) is 4.98 Å². The molecule has 2 rings (SSSR count). The largest absolute Gasteiger partial charge is 0.419 e. The number of aromatic nitrogens is 1. The molecule has 1 aromatic heterocycles. The van der Waals surface area contributed by atoms with Gasteiger partial charge in [-0.05, 0) is 36.8 Å². The van der Waals surface area contributed by atoms with Gasteiger partial charge in [0.1, 0.15) is 11.6 Å². The molecular weight excluding hydrogens is 260 g/mol. The summed E-state index contributed by atoms with van der Waals surface area (Å²) in [5.41, 5.74) is 5.60. The smallest absolute Gasteiger partial charge is 0.384 e. The summed E-state index contributed by atoms with van der Waals surface area (Å²) in [4.78, 5) is 3.98. The Bertz CT molecular complexity index is 621. The van der Waals surface area contributed by atoms with Crippen LogP contribution in [-0.2, 0) is 6.18 Å². The van der Waals surface area contributed by atoms with Gasteiger partial charge in [0.25, 0.3) is 0 Å². The molecule has 0 aliphatic carbocycles. The molecule has 1 aromatic carbocycles. The van der Waals surface area contributed by atoms with Gasteiger partial charge in [-0.15, -0.1) is 0 Å². The molecule has 100 valence electrons. The molecule has 0 saturated heterocycles. The number of aryl methyl sites for hydroxylation is 1. The van der Waals surface area contributed by atoms with Crippen LogP contribution in [0.25, 0.3) is 11.1 Å². The molecule has 0 saturated carbocycles. The second-order valence-corrected chi connectivity index (χ2v) is 4.06. The fourth-order valence-electron chi connectivity index (χ4n) is 1.80. The first-order chi connectivity index (χ1) is 8.79. The van der Waals surface area contributed by atoms with Crippen LogP contribution in [-0.4, -0.2) is 4.98 Å². The van der Waals surface area contributed by atoms with Crippen molar-refractivity contribution in [3.8, 4) is 11.1 Å². The molecule has 2 nitrogen and oxygen atoms in total. The van der Waals surface area contributed by atoms with Gasteiger partial charge in [-0.2, -0.15) is 13.2 Å². The van der Waals surface area contributed by atoms with Crippen molar-refractivity contribution in [3.05, 3.63) is 47.4 Å². The predicted molar refractivity (Wildman–Crippen MR) is 63.8 cm³/mol. The fourth-order valence-corrected chi connectivity index (χ4v) is 1.80. The summed E-state index contributed by atoms with van der Waals surface area (Å²) in [6.45, 7) is 1.65. The maximum atomic E-state index is 13.5. The van der Waals surface area contributed by atoms with Gasteiger partial charge in [-0.3, -0.25) is 0 Å². The number of rotatable bonds is 1. The van der Waals surface area contributed by atoms with Crippen LogP contribution >= 0.6 is 0 Å². The highest BCUT2D eigenvalue weighted by molar-refractivity contribution is 5.67. The van der Waals surface area contributed by atoms with E-state index in [2.05, 4.69) is 4.98 Å². The van der Waals surface area contributed by atoms with E-state index >= 15 is 0 Å². The van der Waals surface area contributed by atoms with Gasteiger partial charge in [-0.1, -0.05) is 6.07 Å². The van der Waals surface area contributed by atoms with E-state index in [0.717, 1.165) is 12.1 Å². The Balaban J connectivity index is 2.51. The number of halogens is 4. The molecule has 19 heavy (non-hydrogen) atoms. The number of nitrogen functional groups attached to an aromatic ring is 1. The topological polar surface area (TPSA) is 38.9 Å². The zero-order valence-corrected chi connectivity index (χ0v) is 9.92. The first-order valence-corrected chi connectivity index (χ1v) is 5.39. The summed E-state index contributed by atoms with van der Waals surface area (Å²) in [6.07, 6.45) is -4.70. The number of nitrogens with two attached hydrogens (primary N) is 1. The molecule has 0 aliphatic heterocycles. The number of pyridine rings is 1. The number of benzene rings is 1. The standard InChI is InChI=1S/C13H10F4N2/c1-7-9(3-5-12(18)19-7)8-2-4-10(11(14)6-8)13(15,16)17/h2-6H,1H3,(H2,18,19). The van der Waals surface area contributed by atoms with Crippen LogP contribution in [0, 0.1) is 12.7 Å². The third-order valence-electron chi connectivity index (χ3n) is 2.69. The van der Waals surface area contributed by atoms with Crippen molar-refractivity contribution in [2.24, 2.45) is 0 Å². The maximum Gasteiger partial charge on any atom is 0.419 e. The normalized spacial score (nSPS) is 11.6. The van der Waals surface area contributed by atoms with E-state index in [1.165, 1.54) is 12.1 Å². The van der Waals surface area contributed by atoms with Crippen molar-refractivity contribution >= 4 is 5.82 Å². The molecule has 0 aliphatic rings. The zero-order valence-electron chi connectivity index (χ0n) is 9.92. The summed E-state index contributed by atoms with van der Waals surface area (Å²) < 4.78 is 50.8. The summed E-state index contributed by atoms with van der Waals surface area (Å²) in [5.74, 6) is -1.00. The third kappa shape index (κ3) is 2.67. The van der Waals surface area contributed by atoms with Gasteiger partial charge in [0.05, 0.1) is 5.56 Å². The molecule has 1 heterocycles. The van der Waals surface area contributed by atoms with E-state index in [0.29, 0.717) is 22.6 Å². The summed E-state index contributed by atoms with van der Waals surface area (Å²) >= 11 is 0. The van der Waals surface area contributed by atoms with Gasteiger partial charge < -0.3 is 5.73 Å². The Kier molecular flexibility index (Phi) is 3.18. The molecule has 2 N–H and O–H groups in total. The molecule has 0 bridgehead atoms. The highest BCUT2D eigenvalue weighted by Gasteiger charge is 2.33. The van der Waals surface area contributed by atoms with E-state index in [-0.39, 0.29) is 0 Å². The van der Waals surface area contributed by atoms with Crippen molar-refractivity contribution in [2.45, 2.75) is 13.1 Å². The molecule has 0 amide bonds. The van der Waals surface area contributed by atoms with Crippen LogP contribution in [0.1, 0.15) is 11.3 Å². The molecule has 2 aromatic rings. The van der Waals surface area contributed by atoms with Gasteiger partial charge in [-0.25, -0.2) is 9.37 Å². The minimum atomic E-state index is -4.70. The first-order valence-electron chi connectivity index (χ1n) is 5.39. The van der Waals surface area contributed by atoms with Gasteiger partial charge >= 0.3 is 6.18 Å². The number of anilines is 1. The lowest BCUT2D eigenvalue weighted by atomic mass is 10.0. The SMILES string of the molecule is Cc1nc(N)ccc1-c1ccc(C(F)(F)F)c(F)c1. The number of nitrogens with zero attached hydrogens (tertiary/aromatic N) is 1. The van der Waals surface area contributed by atoms with Crippen molar-refractivity contribution in [1.29, 1.82) is 0 Å². The summed E-state index contributed by atoms with van der Waals surface area (Å²) in [7, 11) is 0. The van der Waals surface area contributed by atoms with Crippen molar-refractivity contribution in [2.75, 3.05) is 5.73 Å². The molecule has 0 radical (unpaired) electrons. The van der Waals surface area contributed by atoms with Crippen LogP contribution in [0.4, 0.5) is 23.4 Å². The Labute approximate surface area is 106 Å². The van der Waals surface area contributed by atoms with Crippen molar-refractivity contribution < 1.29 is 17.6 Å². The first kappa shape index (κ1) is 13.3. The predicted octanol–water partition coefficient (Wildman–Crippen LogP) is 3.80. The monoisotopic (exact) mass is 270 g/mol. The Morgan fingerprint density at radius 3 is 2.32 bits per heavy atom. The highest BCUT2D eigenvalue weighted by atomic mass is 19.4. The van der Waals surface area contributed by atoms with E-state index in [4.69, 9.17) is 5.73 Å². The number of alkyl halides is 3. The Morgan fingerprint density at radius 1 is 1.11 bits per heavy atom. The summed E-state index contributed by atoms with van der Waals surface area (Å²) in [5, 5.41) is 0. The van der Waals surface area contributed by atoms with Crippen LogP contribution < -0.4 is 5.73 Å². The van der Waals surface area contributed by atoms with Gasteiger partial charge in [0.15, 0.2) is 0 Å². The van der Waals surface area contributed by atoms with Gasteiger partial charge in [0.2, 0.25) is 0 Å². The summed E-state index contributed by atoms with van der Waals surface area (Å²) in [6, 6.07) is 5.90. The van der Waals surface area contributed by atoms with Crippen LogP contribution in [0.5, 0.6) is 0 Å². The number of hydrogen-bond acceptors (Lipinski definition) is 2. The van der Waals surface area contributed by atoms with E-state index in [9.17, 15) is 17.6 Å². The third-order valence-corrected chi connectivity index (χ3v) is 2.69. The molecule has 6 heteroatoms. The second kappa shape index (κ2) is 4.53. The van der Waals surface area contributed by atoms with Crippen LogP contribution in [0.2, 0.25) is 0 Å². The Hall–Kier alpha value is -2.11. The molecule has 0 unspecified atom stereocenters. The quantitative estimate of drug-likeness (QED) is 0.800. The van der Waals surface area contributed by atoms with E-state index < -0.39 is 17.6 Å². The lowest BCUT2D eigenvalue weighted by Crippen LogP contribution is -2.08. The Morgan fingerprint density at radius 2 is 1.79 bits per heavy atom. The van der Waals surface area contributed by atoms with Crippen LogP contribution in [0.3, 0.4) is 0 Å². The second-order valence-electron chi connectivity index (χ2n) is 4.06. The highest BCUT2D eigenvalue weighted by Crippen LogP contribution is 2.33. The van der Waals surface area contributed by atoms with Gasteiger partial charge in [0, 0.05) is 11.3 Å². The average Bonchev–Trinajstić information content (AvgIpc) is 2.26. The van der Waals surface area contributed by atoms with E-state index in [1.54, 1.807) is 13.0 Å². The van der Waals surface area contributed by atoms with E-state index in [1.807, 2.05) is 0 Å². The number of hydrogen-bond donors (Lipinski definition) is 1. The lowest BCUT2D eigenvalue weighted by molar-refractivity contribution is -0.139. The lowest BCUT2D eigenvalue weighted by Gasteiger charge is -2.10. The molecule has 0 atom stereocenters. The maximum absolute atomic E-state index is 13.5. The van der Waals surface area contributed by atoms with Crippen molar-refractivity contribution in [3.63, 3.8) is 0 Å². The molecular formula is C13H10F4N2. The zero-order chi connectivity index (χ0) is 14.2. The minimum Gasteiger partial charge on any atom is -0.384 e. The fraction of sp³-hybridized carbons (Fsp3) is 0.154. The molecule has 0 fully saturated rings. The van der Waals surface area contributed by atoms with Crippen LogP contribution in [0.15, 0.2) is 30.3 Å².